The number of unbranched alkanes of at least 4 members (excludes halogenated alkanes) is 32. The fourth-order valence-electron chi connectivity index (χ4n) is 12.8. The largest absolute Gasteiger partial charge is 0.394 e. The molecule has 564 valence electrons. The molecule has 12 N–H and O–H groups in total. The van der Waals surface area contributed by atoms with E-state index in [-0.39, 0.29) is 18.9 Å². The molecule has 17 atom stereocenters. The summed E-state index contributed by atoms with van der Waals surface area (Å²) in [5, 5.41) is 121. The van der Waals surface area contributed by atoms with Crippen molar-refractivity contribution in [2.24, 2.45) is 0 Å². The minimum atomic E-state index is -1.98. The number of amides is 1. The van der Waals surface area contributed by atoms with E-state index in [1.165, 1.54) is 154 Å². The average molecular weight is 1380 g/mol. The minimum Gasteiger partial charge on any atom is -0.394 e. The highest BCUT2D eigenvalue weighted by Gasteiger charge is 2.54. The van der Waals surface area contributed by atoms with Gasteiger partial charge in [0.05, 0.1) is 38.6 Å². The van der Waals surface area contributed by atoms with Gasteiger partial charge in [0.25, 0.3) is 0 Å². The van der Waals surface area contributed by atoms with Crippen molar-refractivity contribution in [3.05, 3.63) is 72.9 Å². The smallest absolute Gasteiger partial charge is 0.220 e. The molecule has 0 radical (unpaired) electrons. The number of aliphatic hydroxyl groups is 11. The van der Waals surface area contributed by atoms with Crippen molar-refractivity contribution in [1.29, 1.82) is 0 Å². The highest BCUT2D eigenvalue weighted by atomic mass is 16.8. The molecular weight excluding hydrogens is 1240 g/mol. The van der Waals surface area contributed by atoms with Gasteiger partial charge < -0.3 is 89.9 Å². The molecule has 1 amide bonds. The maximum Gasteiger partial charge on any atom is 0.220 e. The summed E-state index contributed by atoms with van der Waals surface area (Å²) in [7, 11) is 0. The molecule has 0 spiro atoms. The number of allylic oxidation sites excluding steroid dienone is 12. The molecule has 0 aromatic carbocycles. The van der Waals surface area contributed by atoms with Crippen molar-refractivity contribution in [2.45, 2.75) is 388 Å². The Morgan fingerprint density at radius 3 is 1.11 bits per heavy atom. The molecule has 19 heteroatoms. The second-order valence-corrected chi connectivity index (χ2v) is 27.4. The first-order valence-corrected chi connectivity index (χ1v) is 38.7. The van der Waals surface area contributed by atoms with Crippen LogP contribution in [0.15, 0.2) is 72.9 Å². The first-order chi connectivity index (χ1) is 47.3. The van der Waals surface area contributed by atoms with Gasteiger partial charge in [-0.1, -0.05) is 286 Å². The van der Waals surface area contributed by atoms with Gasteiger partial charge in [0.2, 0.25) is 5.91 Å². The van der Waals surface area contributed by atoms with Crippen LogP contribution in [0.3, 0.4) is 0 Å². The molecule has 3 aliphatic heterocycles. The van der Waals surface area contributed by atoms with Crippen LogP contribution in [-0.4, -0.2) is 193 Å². The van der Waals surface area contributed by atoms with Crippen LogP contribution in [0.2, 0.25) is 0 Å². The van der Waals surface area contributed by atoms with Crippen LogP contribution in [0.4, 0.5) is 0 Å². The molecule has 0 saturated carbocycles. The van der Waals surface area contributed by atoms with Gasteiger partial charge in [-0.15, -0.1) is 0 Å². The van der Waals surface area contributed by atoms with Gasteiger partial charge in [-0.25, -0.2) is 0 Å². The standard InChI is InChI=1S/C78H139NO18/c1-3-5-7-9-11-13-15-17-19-21-23-25-27-28-29-30-31-32-34-36-38-40-42-44-46-48-50-52-54-56-66(84)79-61(62(83)55-53-51-49-47-45-43-41-39-37-35-33-26-24-22-20-18-16-14-12-10-8-6-4-2)60-92-76-72(90)69(87)74(64(58-81)94-76)97-78-73(91)70(88)75(65(59-82)95-78)96-77-71(89)68(86)67(85)63(57-80)93-77/h5,7,11,13,17,19,23,25,28-29,31-32,61-65,67-78,80-83,85-91H,3-4,6,8-10,12,14-16,18,20-22,24,26-27,30,33-60H2,1-2H3,(H,79,84)/b7-5-,13-11-,19-17-,25-23-,29-28-,32-31-. The Morgan fingerprint density at radius 2 is 0.711 bits per heavy atom. The second kappa shape index (κ2) is 58.7. The fourth-order valence-corrected chi connectivity index (χ4v) is 12.8. The van der Waals surface area contributed by atoms with Gasteiger partial charge in [0.1, 0.15) is 73.2 Å². The lowest BCUT2D eigenvalue weighted by atomic mass is 9.96. The van der Waals surface area contributed by atoms with Gasteiger partial charge in [-0.2, -0.15) is 0 Å². The van der Waals surface area contributed by atoms with Crippen LogP contribution in [-0.2, 0) is 33.2 Å². The molecular formula is C78H139NO18. The normalized spacial score (nSPS) is 27.3. The predicted octanol–water partition coefficient (Wildman–Crippen LogP) is 12.1. The molecule has 19 nitrogen and oxygen atoms in total. The monoisotopic (exact) mass is 1380 g/mol. The maximum absolute atomic E-state index is 13.5. The van der Waals surface area contributed by atoms with Crippen LogP contribution in [0.1, 0.15) is 284 Å². The number of ether oxygens (including phenoxy) is 6. The number of aliphatic hydroxyl groups excluding tert-OH is 11. The molecule has 3 saturated heterocycles. The van der Waals surface area contributed by atoms with Gasteiger partial charge in [-0.05, 0) is 64.2 Å². The highest BCUT2D eigenvalue weighted by molar-refractivity contribution is 5.76. The van der Waals surface area contributed by atoms with Crippen molar-refractivity contribution >= 4 is 5.91 Å². The summed E-state index contributed by atoms with van der Waals surface area (Å²) in [6.07, 6.45) is 48.3. The summed E-state index contributed by atoms with van der Waals surface area (Å²) in [6.45, 7) is 1.71. The molecule has 0 aromatic heterocycles. The molecule has 0 bridgehead atoms. The summed E-state index contributed by atoms with van der Waals surface area (Å²) in [5.74, 6) is -0.247. The Morgan fingerprint density at radius 1 is 0.381 bits per heavy atom. The van der Waals surface area contributed by atoms with Crippen LogP contribution >= 0.6 is 0 Å². The lowest BCUT2D eigenvalue weighted by molar-refractivity contribution is -0.379. The van der Waals surface area contributed by atoms with E-state index in [9.17, 15) is 61.0 Å². The predicted molar refractivity (Wildman–Crippen MR) is 383 cm³/mol. The zero-order valence-electron chi connectivity index (χ0n) is 60.0. The van der Waals surface area contributed by atoms with Crippen molar-refractivity contribution < 1.29 is 89.4 Å². The summed E-state index contributed by atoms with van der Waals surface area (Å²) >= 11 is 0. The second-order valence-electron chi connectivity index (χ2n) is 27.4. The highest BCUT2D eigenvalue weighted by Crippen LogP contribution is 2.33. The van der Waals surface area contributed by atoms with Gasteiger partial charge in [0, 0.05) is 6.42 Å². The van der Waals surface area contributed by atoms with E-state index in [1.807, 2.05) is 0 Å². The van der Waals surface area contributed by atoms with Crippen LogP contribution in [0.5, 0.6) is 0 Å². The van der Waals surface area contributed by atoms with E-state index in [1.54, 1.807) is 0 Å². The Kier molecular flexibility index (Phi) is 53.5. The minimum absolute atomic E-state index is 0.247. The first-order valence-electron chi connectivity index (χ1n) is 38.7. The van der Waals surface area contributed by atoms with E-state index in [0.29, 0.717) is 12.8 Å². The molecule has 3 rings (SSSR count). The number of nitrogens with one attached hydrogen (secondary N) is 1. The fraction of sp³-hybridized carbons (Fsp3) is 0.833. The molecule has 0 aliphatic carbocycles. The number of hydrogen-bond acceptors (Lipinski definition) is 18. The summed E-state index contributed by atoms with van der Waals surface area (Å²) in [5.41, 5.74) is 0. The molecule has 3 heterocycles. The zero-order valence-corrected chi connectivity index (χ0v) is 60.0. The summed E-state index contributed by atoms with van der Waals surface area (Å²) in [6, 6.07) is -0.895. The van der Waals surface area contributed by atoms with E-state index >= 15 is 0 Å². The van der Waals surface area contributed by atoms with Gasteiger partial charge in [0.15, 0.2) is 18.9 Å². The van der Waals surface area contributed by atoms with Crippen molar-refractivity contribution in [2.75, 3.05) is 26.4 Å². The Labute approximate surface area is 585 Å². The van der Waals surface area contributed by atoms with Gasteiger partial charge in [-0.3, -0.25) is 4.79 Å². The molecule has 0 aromatic rings. The zero-order chi connectivity index (χ0) is 70.4. The Bertz CT molecular complexity index is 2040. The summed E-state index contributed by atoms with van der Waals surface area (Å²) in [4.78, 5) is 13.5. The molecule has 3 aliphatic rings. The van der Waals surface area contributed by atoms with Crippen molar-refractivity contribution in [3.8, 4) is 0 Å². The lowest BCUT2D eigenvalue weighted by Gasteiger charge is -2.48. The SMILES string of the molecule is CC/C=C\C/C=C\C/C=C\C/C=C\C/C=C\C/C=C\CCCCCCCCCCCCC(=O)NC(COC1OC(CO)C(OC2OC(CO)C(OC3OC(CO)C(O)C(O)C3O)C(O)C2O)C(O)C1O)C(O)CCCCCCCCCCCCCCCCCCCCCCCCC. The van der Waals surface area contributed by atoms with E-state index in [4.69, 9.17) is 28.4 Å². The Balaban J connectivity index is 1.39. The molecule has 97 heavy (non-hydrogen) atoms. The first kappa shape index (κ1) is 88.4. The average Bonchev–Trinajstić information content (AvgIpc) is 0.789. The van der Waals surface area contributed by atoms with Crippen LogP contribution in [0, 0.1) is 0 Å². The Hall–Kier alpha value is -2.77. The lowest BCUT2D eigenvalue weighted by Crippen LogP contribution is -2.66. The van der Waals surface area contributed by atoms with Gasteiger partial charge >= 0.3 is 0 Å². The quantitative estimate of drug-likeness (QED) is 0.0199. The van der Waals surface area contributed by atoms with Crippen LogP contribution in [0.25, 0.3) is 0 Å². The molecule has 17 unspecified atom stereocenters. The third-order valence-electron chi connectivity index (χ3n) is 19.0. The third kappa shape index (κ3) is 39.5. The number of carbonyl (C=O) groups excluding carboxylic acids is 1. The number of rotatable bonds is 60. The maximum atomic E-state index is 13.5. The van der Waals surface area contributed by atoms with E-state index < -0.39 is 124 Å². The number of hydrogen-bond donors (Lipinski definition) is 12. The summed E-state index contributed by atoms with van der Waals surface area (Å²) < 4.78 is 34.5. The van der Waals surface area contributed by atoms with E-state index in [2.05, 4.69) is 92.1 Å². The third-order valence-corrected chi connectivity index (χ3v) is 19.0. The van der Waals surface area contributed by atoms with Crippen LogP contribution < -0.4 is 5.32 Å². The molecule has 3 fully saturated rings. The topological polar surface area (TPSA) is 307 Å². The van der Waals surface area contributed by atoms with Crippen molar-refractivity contribution in [1.82, 2.24) is 5.32 Å². The van der Waals surface area contributed by atoms with Crippen molar-refractivity contribution in [3.63, 3.8) is 0 Å². The number of carbonyl (C=O) groups is 1. The van der Waals surface area contributed by atoms with E-state index in [0.717, 1.165) is 96.3 Å².